The molecule has 8 heteroatoms. The third kappa shape index (κ3) is 3.63. The van der Waals surface area contributed by atoms with E-state index in [-0.39, 0.29) is 16.5 Å². The summed E-state index contributed by atoms with van der Waals surface area (Å²) in [6.07, 6.45) is 1.93. The summed E-state index contributed by atoms with van der Waals surface area (Å²) in [5.74, 6) is 0.00349. The lowest BCUT2D eigenvalue weighted by Crippen LogP contribution is -2.49. The van der Waals surface area contributed by atoms with Crippen LogP contribution in [0.3, 0.4) is 0 Å². The first-order valence-electron chi connectivity index (χ1n) is 9.08. The fourth-order valence-electron chi connectivity index (χ4n) is 3.51. The monoisotopic (exact) mass is 396 g/mol. The van der Waals surface area contributed by atoms with Gasteiger partial charge in [-0.25, -0.2) is 0 Å². The Labute approximate surface area is 166 Å². The maximum Gasteiger partial charge on any atom is 0.292 e. The summed E-state index contributed by atoms with van der Waals surface area (Å²) in [6, 6.07) is 14.6. The second-order valence-corrected chi connectivity index (χ2v) is 7.66. The smallest absolute Gasteiger partial charge is 0.292 e. The van der Waals surface area contributed by atoms with Crippen LogP contribution in [0.1, 0.15) is 15.4 Å². The Morgan fingerprint density at radius 2 is 1.82 bits per heavy atom. The lowest BCUT2D eigenvalue weighted by Gasteiger charge is -2.35. The van der Waals surface area contributed by atoms with E-state index in [1.54, 1.807) is 29.5 Å². The van der Waals surface area contributed by atoms with E-state index in [1.807, 2.05) is 44.1 Å². The van der Waals surface area contributed by atoms with Crippen molar-refractivity contribution in [1.82, 2.24) is 9.47 Å². The average Bonchev–Trinajstić information content (AvgIpc) is 3.40. The summed E-state index contributed by atoms with van der Waals surface area (Å²) in [7, 11) is 0. The standard InChI is InChI=1S/C20H20N4O3S/c25-20(19-8-3-9-23(19)15-16-5-4-14-28-16)22-12-10-21(11-13-22)17-6-1-2-7-18(17)24(26)27/h1-9,14H,10-13,15H2. The predicted molar refractivity (Wildman–Crippen MR) is 109 cm³/mol. The van der Waals surface area contributed by atoms with Crippen LogP contribution in [0, 0.1) is 10.1 Å². The van der Waals surface area contributed by atoms with E-state index in [9.17, 15) is 14.9 Å². The van der Waals surface area contributed by atoms with Gasteiger partial charge in [-0.05, 0) is 29.6 Å². The average molecular weight is 396 g/mol. The number of carbonyl (C=O) groups is 1. The van der Waals surface area contributed by atoms with Gasteiger partial charge in [0.15, 0.2) is 0 Å². The Morgan fingerprint density at radius 3 is 2.54 bits per heavy atom. The number of aromatic nitrogens is 1. The van der Waals surface area contributed by atoms with Gasteiger partial charge in [-0.1, -0.05) is 18.2 Å². The number of hydrogen-bond donors (Lipinski definition) is 0. The fraction of sp³-hybridized carbons (Fsp3) is 0.250. The molecule has 1 saturated heterocycles. The van der Waals surface area contributed by atoms with Gasteiger partial charge < -0.3 is 14.4 Å². The van der Waals surface area contributed by atoms with Crippen LogP contribution in [-0.4, -0.2) is 46.5 Å². The number of nitro benzene ring substituents is 1. The molecular formula is C20H20N4O3S. The summed E-state index contributed by atoms with van der Waals surface area (Å²) in [6.45, 7) is 2.90. The molecule has 0 saturated carbocycles. The zero-order valence-electron chi connectivity index (χ0n) is 15.2. The molecule has 3 aromatic rings. The summed E-state index contributed by atoms with van der Waals surface area (Å²) in [5, 5.41) is 13.3. The van der Waals surface area contributed by atoms with Crippen molar-refractivity contribution in [1.29, 1.82) is 0 Å². The van der Waals surface area contributed by atoms with Gasteiger partial charge in [-0.15, -0.1) is 11.3 Å². The van der Waals surface area contributed by atoms with E-state index in [2.05, 4.69) is 6.07 Å². The second-order valence-electron chi connectivity index (χ2n) is 6.63. The first-order valence-corrected chi connectivity index (χ1v) is 9.96. The summed E-state index contributed by atoms with van der Waals surface area (Å²) in [4.78, 5) is 28.9. The number of nitrogens with zero attached hydrogens (tertiary/aromatic N) is 4. The van der Waals surface area contributed by atoms with Gasteiger partial charge in [-0.2, -0.15) is 0 Å². The van der Waals surface area contributed by atoms with E-state index in [0.29, 0.717) is 44.1 Å². The number of rotatable bonds is 5. The molecule has 1 aliphatic rings. The van der Waals surface area contributed by atoms with Gasteiger partial charge >= 0.3 is 0 Å². The maximum atomic E-state index is 13.0. The molecule has 0 atom stereocenters. The number of para-hydroxylation sites is 2. The Morgan fingerprint density at radius 1 is 1.04 bits per heavy atom. The fourth-order valence-corrected chi connectivity index (χ4v) is 4.22. The van der Waals surface area contributed by atoms with Crippen LogP contribution in [0.4, 0.5) is 11.4 Å². The van der Waals surface area contributed by atoms with Crippen LogP contribution >= 0.6 is 11.3 Å². The summed E-state index contributed by atoms with van der Waals surface area (Å²) in [5.41, 5.74) is 1.39. The number of thiophene rings is 1. The van der Waals surface area contributed by atoms with Crippen molar-refractivity contribution in [3.8, 4) is 0 Å². The number of anilines is 1. The van der Waals surface area contributed by atoms with E-state index < -0.39 is 0 Å². The van der Waals surface area contributed by atoms with Crippen molar-refractivity contribution in [2.75, 3.05) is 31.1 Å². The van der Waals surface area contributed by atoms with E-state index in [1.165, 1.54) is 10.9 Å². The van der Waals surface area contributed by atoms with Crippen molar-refractivity contribution >= 4 is 28.6 Å². The molecule has 4 rings (SSSR count). The van der Waals surface area contributed by atoms with E-state index in [0.717, 1.165) is 0 Å². The van der Waals surface area contributed by atoms with Crippen molar-refractivity contribution < 1.29 is 9.72 Å². The molecule has 28 heavy (non-hydrogen) atoms. The van der Waals surface area contributed by atoms with Crippen LogP contribution in [0.15, 0.2) is 60.1 Å². The van der Waals surface area contributed by atoms with Gasteiger partial charge in [0.05, 0.1) is 11.5 Å². The molecular weight excluding hydrogens is 376 g/mol. The van der Waals surface area contributed by atoms with E-state index in [4.69, 9.17) is 0 Å². The molecule has 0 N–H and O–H groups in total. The molecule has 7 nitrogen and oxygen atoms in total. The molecule has 0 spiro atoms. The number of carbonyl (C=O) groups excluding carboxylic acids is 1. The molecule has 0 unspecified atom stereocenters. The minimum absolute atomic E-state index is 0.00349. The highest BCUT2D eigenvalue weighted by molar-refractivity contribution is 7.09. The molecule has 144 valence electrons. The molecule has 0 aliphatic carbocycles. The Bertz CT molecular complexity index is 975. The van der Waals surface area contributed by atoms with Crippen LogP contribution < -0.4 is 4.90 Å². The number of amides is 1. The van der Waals surface area contributed by atoms with Crippen LogP contribution in [0.5, 0.6) is 0 Å². The van der Waals surface area contributed by atoms with Crippen LogP contribution in [-0.2, 0) is 6.54 Å². The van der Waals surface area contributed by atoms with Gasteiger partial charge in [0.2, 0.25) is 0 Å². The predicted octanol–water partition coefficient (Wildman–Crippen LogP) is 3.47. The molecule has 0 bridgehead atoms. The van der Waals surface area contributed by atoms with Crippen LogP contribution in [0.2, 0.25) is 0 Å². The molecule has 1 aliphatic heterocycles. The quantitative estimate of drug-likeness (QED) is 0.489. The zero-order chi connectivity index (χ0) is 19.5. The third-order valence-corrected chi connectivity index (χ3v) is 5.80. The maximum absolute atomic E-state index is 13.0. The highest BCUT2D eigenvalue weighted by Crippen LogP contribution is 2.28. The first-order chi connectivity index (χ1) is 13.6. The summed E-state index contributed by atoms with van der Waals surface area (Å²) < 4.78 is 1.97. The number of piperazine rings is 1. The summed E-state index contributed by atoms with van der Waals surface area (Å²) >= 11 is 1.67. The zero-order valence-corrected chi connectivity index (χ0v) is 16.0. The Balaban J connectivity index is 1.44. The van der Waals surface area contributed by atoms with Crippen LogP contribution in [0.25, 0.3) is 0 Å². The lowest BCUT2D eigenvalue weighted by molar-refractivity contribution is -0.384. The molecule has 1 fully saturated rings. The SMILES string of the molecule is O=C(c1cccn1Cc1cccs1)N1CCN(c2ccccc2[N+](=O)[O-])CC1. The minimum Gasteiger partial charge on any atom is -0.362 e. The Kier molecular flexibility index (Phi) is 5.12. The van der Waals surface area contributed by atoms with Gasteiger partial charge in [0.25, 0.3) is 11.6 Å². The highest BCUT2D eigenvalue weighted by atomic mass is 32.1. The lowest BCUT2D eigenvalue weighted by atomic mass is 10.2. The Hall–Kier alpha value is -3.13. The molecule has 3 heterocycles. The number of benzene rings is 1. The number of hydrogen-bond acceptors (Lipinski definition) is 5. The molecule has 0 radical (unpaired) electrons. The number of nitro groups is 1. The van der Waals surface area contributed by atoms with Crippen molar-refractivity contribution in [3.63, 3.8) is 0 Å². The topological polar surface area (TPSA) is 71.6 Å². The van der Waals surface area contributed by atoms with Crippen molar-refractivity contribution in [2.45, 2.75) is 6.54 Å². The third-order valence-electron chi connectivity index (χ3n) is 4.94. The largest absolute Gasteiger partial charge is 0.362 e. The first kappa shape index (κ1) is 18.2. The van der Waals surface area contributed by atoms with Gasteiger partial charge in [0.1, 0.15) is 11.4 Å². The molecule has 1 amide bonds. The minimum atomic E-state index is -0.357. The van der Waals surface area contributed by atoms with Gasteiger partial charge in [0, 0.05) is 43.3 Å². The molecule has 2 aromatic heterocycles. The second kappa shape index (κ2) is 7.85. The van der Waals surface area contributed by atoms with Gasteiger partial charge in [-0.3, -0.25) is 14.9 Å². The highest BCUT2D eigenvalue weighted by Gasteiger charge is 2.27. The van der Waals surface area contributed by atoms with Crippen molar-refractivity contribution in [3.05, 3.63) is 80.8 Å². The van der Waals surface area contributed by atoms with Crippen molar-refractivity contribution in [2.24, 2.45) is 0 Å². The normalized spacial score (nSPS) is 14.3. The molecule has 1 aromatic carbocycles. The van der Waals surface area contributed by atoms with E-state index >= 15 is 0 Å².